The number of aromatic nitrogens is 1. The van der Waals surface area contributed by atoms with Crippen LogP contribution in [-0.2, 0) is 10.9 Å². The van der Waals surface area contributed by atoms with Crippen molar-refractivity contribution in [2.45, 2.75) is 13.1 Å². The van der Waals surface area contributed by atoms with Crippen molar-refractivity contribution in [3.8, 4) is 11.5 Å². The third-order valence-electron chi connectivity index (χ3n) is 2.51. The van der Waals surface area contributed by atoms with Crippen LogP contribution in [0, 0.1) is 0 Å². The van der Waals surface area contributed by atoms with Crippen molar-refractivity contribution >= 4 is 17.6 Å². The highest BCUT2D eigenvalue weighted by Gasteiger charge is 2.33. The number of benzene rings is 1. The van der Waals surface area contributed by atoms with Crippen LogP contribution in [0.25, 0.3) is 11.5 Å². The molecule has 0 bridgehead atoms. The first-order chi connectivity index (χ1) is 9.82. The summed E-state index contributed by atoms with van der Waals surface area (Å²) in [7, 11) is 0. The van der Waals surface area contributed by atoms with Gasteiger partial charge in [-0.15, -0.1) is 0 Å². The molecule has 0 amide bonds. The highest BCUT2D eigenvalue weighted by atomic mass is 35.5. The van der Waals surface area contributed by atoms with Crippen molar-refractivity contribution in [1.82, 2.24) is 4.98 Å². The largest absolute Gasteiger partial charge is 0.461 e. The normalized spacial score (nSPS) is 11.5. The van der Waals surface area contributed by atoms with Crippen LogP contribution in [0.15, 0.2) is 28.9 Å². The molecule has 8 heteroatoms. The van der Waals surface area contributed by atoms with E-state index in [4.69, 9.17) is 20.8 Å². The fraction of sp³-hybridized carbons (Fsp3) is 0.231. The number of hydrogen-bond donors (Lipinski definition) is 0. The molecular weight excluding hydrogens is 311 g/mol. The third kappa shape index (κ3) is 3.36. The molecule has 112 valence electrons. The number of nitrogens with zero attached hydrogens (tertiary/aromatic N) is 1. The van der Waals surface area contributed by atoms with Crippen LogP contribution < -0.4 is 0 Å². The van der Waals surface area contributed by atoms with Crippen molar-refractivity contribution in [1.29, 1.82) is 0 Å². The average molecular weight is 320 g/mol. The van der Waals surface area contributed by atoms with E-state index in [9.17, 15) is 18.0 Å². The second-order valence-electron chi connectivity index (χ2n) is 3.95. The number of ether oxygens (including phenoxy) is 1. The van der Waals surface area contributed by atoms with Crippen LogP contribution in [0.3, 0.4) is 0 Å². The quantitative estimate of drug-likeness (QED) is 0.796. The number of carbonyl (C=O) groups is 1. The molecule has 0 unspecified atom stereocenters. The van der Waals surface area contributed by atoms with Gasteiger partial charge in [0.05, 0.1) is 17.2 Å². The Morgan fingerprint density at radius 2 is 2.14 bits per heavy atom. The van der Waals surface area contributed by atoms with Crippen LogP contribution in [0.5, 0.6) is 0 Å². The topological polar surface area (TPSA) is 52.3 Å². The van der Waals surface area contributed by atoms with Gasteiger partial charge in [-0.25, -0.2) is 9.78 Å². The van der Waals surface area contributed by atoms with Crippen molar-refractivity contribution in [2.75, 3.05) is 6.61 Å². The Kier molecular flexibility index (Phi) is 4.22. The van der Waals surface area contributed by atoms with Crippen molar-refractivity contribution in [3.63, 3.8) is 0 Å². The van der Waals surface area contributed by atoms with Crippen LogP contribution in [-0.4, -0.2) is 17.6 Å². The molecule has 1 heterocycles. The summed E-state index contributed by atoms with van der Waals surface area (Å²) < 4.78 is 48.0. The summed E-state index contributed by atoms with van der Waals surface area (Å²) in [5, 5.41) is -0.427. The molecule has 0 radical (unpaired) electrons. The fourth-order valence-corrected chi connectivity index (χ4v) is 1.81. The monoisotopic (exact) mass is 319 g/mol. The molecule has 2 rings (SSSR count). The summed E-state index contributed by atoms with van der Waals surface area (Å²) in [6, 6.07) is 3.22. The lowest BCUT2D eigenvalue weighted by atomic mass is 10.1. The van der Waals surface area contributed by atoms with Crippen LogP contribution in [0.4, 0.5) is 13.2 Å². The van der Waals surface area contributed by atoms with Gasteiger partial charge >= 0.3 is 12.1 Å². The van der Waals surface area contributed by atoms with Gasteiger partial charge in [-0.1, -0.05) is 11.6 Å². The Balaban J connectivity index is 2.37. The molecule has 1 aromatic heterocycles. The lowest BCUT2D eigenvalue weighted by Crippen LogP contribution is -2.06. The minimum atomic E-state index is -4.59. The van der Waals surface area contributed by atoms with Crippen molar-refractivity contribution in [2.24, 2.45) is 0 Å². The predicted molar refractivity (Wildman–Crippen MR) is 67.9 cm³/mol. The number of hydrogen-bond acceptors (Lipinski definition) is 4. The Hall–Kier alpha value is -2.02. The van der Waals surface area contributed by atoms with E-state index in [0.717, 1.165) is 18.4 Å². The molecule has 0 aliphatic rings. The first-order valence-electron chi connectivity index (χ1n) is 5.82. The second kappa shape index (κ2) is 5.77. The van der Waals surface area contributed by atoms with Gasteiger partial charge in [-0.3, -0.25) is 0 Å². The Labute approximate surface area is 122 Å². The highest BCUT2D eigenvalue weighted by Crippen LogP contribution is 2.37. The van der Waals surface area contributed by atoms with Gasteiger partial charge in [0, 0.05) is 5.56 Å². The van der Waals surface area contributed by atoms with Gasteiger partial charge in [0.1, 0.15) is 6.26 Å². The maximum absolute atomic E-state index is 12.8. The summed E-state index contributed by atoms with van der Waals surface area (Å²) in [4.78, 5) is 15.2. The van der Waals surface area contributed by atoms with Crippen LogP contribution >= 0.6 is 11.6 Å². The van der Waals surface area contributed by atoms with E-state index in [-0.39, 0.29) is 23.8 Å². The maximum Gasteiger partial charge on any atom is 0.417 e. The Morgan fingerprint density at radius 3 is 2.76 bits per heavy atom. The molecule has 0 saturated heterocycles. The minimum Gasteiger partial charge on any atom is -0.461 e. The van der Waals surface area contributed by atoms with Crippen LogP contribution in [0.2, 0.25) is 5.02 Å². The number of rotatable bonds is 3. The van der Waals surface area contributed by atoms with Gasteiger partial charge < -0.3 is 9.15 Å². The summed E-state index contributed by atoms with van der Waals surface area (Å²) >= 11 is 5.52. The van der Waals surface area contributed by atoms with Gasteiger partial charge in [0.2, 0.25) is 5.89 Å². The predicted octanol–water partition coefficient (Wildman–Crippen LogP) is 4.19. The summed E-state index contributed by atoms with van der Waals surface area (Å²) in [6.07, 6.45) is -3.57. The lowest BCUT2D eigenvalue weighted by Gasteiger charge is -2.09. The third-order valence-corrected chi connectivity index (χ3v) is 2.84. The molecule has 0 aliphatic heterocycles. The number of halogens is 4. The zero-order valence-corrected chi connectivity index (χ0v) is 11.5. The molecule has 4 nitrogen and oxygen atoms in total. The molecule has 0 aliphatic carbocycles. The zero-order chi connectivity index (χ0) is 15.6. The molecule has 0 saturated carbocycles. The van der Waals surface area contributed by atoms with E-state index in [2.05, 4.69) is 4.98 Å². The average Bonchev–Trinajstić information content (AvgIpc) is 2.88. The van der Waals surface area contributed by atoms with Gasteiger partial charge in [0.15, 0.2) is 5.69 Å². The zero-order valence-electron chi connectivity index (χ0n) is 10.7. The molecule has 0 atom stereocenters. The van der Waals surface area contributed by atoms with Gasteiger partial charge in [-0.05, 0) is 25.1 Å². The summed E-state index contributed by atoms with van der Waals surface area (Å²) in [6.45, 7) is 1.77. The standard InChI is InChI=1S/C13H9ClF3NO3/c1-2-20-12(19)10-6-21-11(18-10)7-3-4-9(14)8(5-7)13(15,16)17/h3-6H,2H2,1H3. The SMILES string of the molecule is CCOC(=O)c1coc(-c2ccc(Cl)c(C(F)(F)F)c2)n1. The van der Waals surface area contributed by atoms with E-state index >= 15 is 0 Å². The number of alkyl halides is 3. The Bertz CT molecular complexity index is 667. The number of esters is 1. The van der Waals surface area contributed by atoms with Gasteiger partial charge in [-0.2, -0.15) is 13.2 Å². The first-order valence-corrected chi connectivity index (χ1v) is 6.20. The van der Waals surface area contributed by atoms with E-state index in [0.29, 0.717) is 0 Å². The van der Waals surface area contributed by atoms with Crippen LogP contribution in [0.1, 0.15) is 23.0 Å². The molecule has 21 heavy (non-hydrogen) atoms. The molecular formula is C13H9ClF3NO3. The number of oxazole rings is 1. The smallest absolute Gasteiger partial charge is 0.417 e. The van der Waals surface area contributed by atoms with Crippen molar-refractivity contribution in [3.05, 3.63) is 40.7 Å². The molecule has 1 aromatic carbocycles. The van der Waals surface area contributed by atoms with Crippen molar-refractivity contribution < 1.29 is 27.1 Å². The highest BCUT2D eigenvalue weighted by molar-refractivity contribution is 6.31. The second-order valence-corrected chi connectivity index (χ2v) is 4.36. The number of carbonyl (C=O) groups excluding carboxylic acids is 1. The Morgan fingerprint density at radius 1 is 1.43 bits per heavy atom. The summed E-state index contributed by atoms with van der Waals surface area (Å²) in [5.41, 5.74) is -1.06. The van der Waals surface area contributed by atoms with E-state index in [1.807, 2.05) is 0 Å². The lowest BCUT2D eigenvalue weighted by molar-refractivity contribution is -0.137. The van der Waals surface area contributed by atoms with E-state index in [1.54, 1.807) is 6.92 Å². The first kappa shape index (κ1) is 15.4. The van der Waals surface area contributed by atoms with Gasteiger partial charge in [0.25, 0.3) is 0 Å². The van der Waals surface area contributed by atoms with E-state index in [1.165, 1.54) is 6.07 Å². The minimum absolute atomic E-state index is 0.0577. The maximum atomic E-state index is 12.8. The molecule has 2 aromatic rings. The fourth-order valence-electron chi connectivity index (χ4n) is 1.58. The molecule has 0 fully saturated rings. The molecule has 0 N–H and O–H groups in total. The van der Waals surface area contributed by atoms with E-state index < -0.39 is 22.7 Å². The molecule has 0 spiro atoms. The summed E-state index contributed by atoms with van der Waals surface area (Å²) in [5.74, 6) is -0.835.